The number of benzene rings is 1. The fraction of sp³-hybridized carbons (Fsp3) is 0.462. The highest BCUT2D eigenvalue weighted by Gasteiger charge is 2.16. The number of non-ortho nitro benzene ring substituents is 1. The third-order valence-electron chi connectivity index (χ3n) is 3.22. The van der Waals surface area contributed by atoms with Crippen LogP contribution in [0.15, 0.2) is 23.4 Å². The van der Waals surface area contributed by atoms with Crippen molar-refractivity contribution in [2.24, 2.45) is 5.16 Å². The first-order chi connectivity index (χ1) is 9.22. The van der Waals surface area contributed by atoms with Gasteiger partial charge in [-0.2, -0.15) is 0 Å². The molecule has 102 valence electrons. The summed E-state index contributed by atoms with van der Waals surface area (Å²) in [6.45, 7) is 1.96. The summed E-state index contributed by atoms with van der Waals surface area (Å²) in [6.07, 6.45) is 5.07. The Labute approximate surface area is 111 Å². The van der Waals surface area contributed by atoms with Gasteiger partial charge in [0, 0.05) is 36.5 Å². The molecule has 1 aliphatic heterocycles. The van der Waals surface area contributed by atoms with E-state index in [2.05, 4.69) is 14.9 Å². The lowest BCUT2D eigenvalue weighted by Crippen LogP contribution is -2.30. The molecule has 0 radical (unpaired) electrons. The lowest BCUT2D eigenvalue weighted by Gasteiger charge is -2.29. The minimum atomic E-state index is -0.399. The predicted octanol–water partition coefficient (Wildman–Crippen LogP) is 2.57. The Bertz CT molecular complexity index is 482. The Morgan fingerprint density at radius 3 is 2.74 bits per heavy atom. The van der Waals surface area contributed by atoms with Crippen molar-refractivity contribution in [2.45, 2.75) is 19.3 Å². The summed E-state index contributed by atoms with van der Waals surface area (Å²) in [4.78, 5) is 17.3. The summed E-state index contributed by atoms with van der Waals surface area (Å²) in [5, 5.41) is 14.6. The SMILES string of the molecule is CO/N=C/c1cc([N+](=O)[O-])ccc1N1CCCCC1. The smallest absolute Gasteiger partial charge is 0.270 e. The van der Waals surface area contributed by atoms with Gasteiger partial charge in [0.05, 0.1) is 11.1 Å². The molecule has 1 aliphatic rings. The summed E-state index contributed by atoms with van der Waals surface area (Å²) >= 11 is 0. The van der Waals surface area contributed by atoms with Gasteiger partial charge in [-0.15, -0.1) is 0 Å². The lowest BCUT2D eigenvalue weighted by atomic mass is 10.1. The van der Waals surface area contributed by atoms with Gasteiger partial charge in [0.1, 0.15) is 7.11 Å². The molecule has 0 amide bonds. The van der Waals surface area contributed by atoms with E-state index in [0.29, 0.717) is 0 Å². The fourth-order valence-electron chi connectivity index (χ4n) is 2.29. The van der Waals surface area contributed by atoms with Crippen LogP contribution in [0, 0.1) is 10.1 Å². The summed E-state index contributed by atoms with van der Waals surface area (Å²) in [5.74, 6) is 0. The van der Waals surface area contributed by atoms with Gasteiger partial charge in [0.25, 0.3) is 5.69 Å². The van der Waals surface area contributed by atoms with Crippen LogP contribution < -0.4 is 4.90 Å². The van der Waals surface area contributed by atoms with E-state index in [1.165, 1.54) is 31.9 Å². The first-order valence-corrected chi connectivity index (χ1v) is 6.32. The van der Waals surface area contributed by atoms with Crippen LogP contribution >= 0.6 is 0 Å². The zero-order valence-corrected chi connectivity index (χ0v) is 10.9. The van der Waals surface area contributed by atoms with Crippen LogP contribution in [0.5, 0.6) is 0 Å². The molecule has 6 heteroatoms. The number of nitro benzene ring substituents is 1. The average Bonchev–Trinajstić information content (AvgIpc) is 2.45. The number of oxime groups is 1. The van der Waals surface area contributed by atoms with Gasteiger partial charge in [0.2, 0.25) is 0 Å². The van der Waals surface area contributed by atoms with Gasteiger partial charge < -0.3 is 9.74 Å². The van der Waals surface area contributed by atoms with Crippen molar-refractivity contribution >= 4 is 17.6 Å². The van der Waals surface area contributed by atoms with Crippen LogP contribution in [0.3, 0.4) is 0 Å². The molecule has 0 unspecified atom stereocenters. The van der Waals surface area contributed by atoms with Crippen LogP contribution in [-0.2, 0) is 4.84 Å². The van der Waals surface area contributed by atoms with Gasteiger partial charge in [0.15, 0.2) is 0 Å². The molecule has 2 rings (SSSR count). The molecule has 1 heterocycles. The summed E-state index contributed by atoms with van der Waals surface area (Å²) in [6, 6.07) is 4.86. The number of piperidine rings is 1. The first kappa shape index (κ1) is 13.3. The Kier molecular flexibility index (Phi) is 4.33. The molecule has 0 saturated carbocycles. The van der Waals surface area contributed by atoms with Crippen molar-refractivity contribution in [2.75, 3.05) is 25.1 Å². The predicted molar refractivity (Wildman–Crippen MR) is 73.8 cm³/mol. The quantitative estimate of drug-likeness (QED) is 0.475. The van der Waals surface area contributed by atoms with Crippen molar-refractivity contribution in [3.05, 3.63) is 33.9 Å². The van der Waals surface area contributed by atoms with E-state index < -0.39 is 4.92 Å². The Hall–Kier alpha value is -2.11. The molecule has 0 aromatic heterocycles. The summed E-state index contributed by atoms with van der Waals surface area (Å²) in [5.41, 5.74) is 1.77. The normalized spacial score (nSPS) is 15.7. The molecular formula is C13H17N3O3. The fourth-order valence-corrected chi connectivity index (χ4v) is 2.29. The lowest BCUT2D eigenvalue weighted by molar-refractivity contribution is -0.384. The highest BCUT2D eigenvalue weighted by Crippen LogP contribution is 2.26. The van der Waals surface area contributed by atoms with Crippen LogP contribution in [0.1, 0.15) is 24.8 Å². The monoisotopic (exact) mass is 263 g/mol. The molecule has 0 atom stereocenters. The highest BCUT2D eigenvalue weighted by molar-refractivity contribution is 5.89. The molecular weight excluding hydrogens is 246 g/mol. The minimum Gasteiger partial charge on any atom is -0.399 e. The molecule has 6 nitrogen and oxygen atoms in total. The topological polar surface area (TPSA) is 68.0 Å². The highest BCUT2D eigenvalue weighted by atomic mass is 16.6. The third-order valence-corrected chi connectivity index (χ3v) is 3.22. The number of nitro groups is 1. The second kappa shape index (κ2) is 6.17. The molecule has 0 spiro atoms. The summed E-state index contributed by atoms with van der Waals surface area (Å²) < 4.78 is 0. The second-order valence-corrected chi connectivity index (χ2v) is 4.47. The average molecular weight is 263 g/mol. The van der Waals surface area contributed by atoms with Crippen LogP contribution in [-0.4, -0.2) is 31.3 Å². The van der Waals surface area contributed by atoms with E-state index in [1.54, 1.807) is 6.07 Å². The Balaban J connectivity index is 2.34. The number of anilines is 1. The first-order valence-electron chi connectivity index (χ1n) is 6.32. The van der Waals surface area contributed by atoms with Crippen molar-refractivity contribution in [1.29, 1.82) is 0 Å². The van der Waals surface area contributed by atoms with E-state index in [4.69, 9.17) is 0 Å². The van der Waals surface area contributed by atoms with Crippen LogP contribution in [0.4, 0.5) is 11.4 Å². The molecule has 1 aromatic rings. The number of nitrogens with zero attached hydrogens (tertiary/aromatic N) is 3. The van der Waals surface area contributed by atoms with Gasteiger partial charge >= 0.3 is 0 Å². The van der Waals surface area contributed by atoms with Gasteiger partial charge in [-0.1, -0.05) is 5.16 Å². The van der Waals surface area contributed by atoms with E-state index in [1.807, 2.05) is 0 Å². The van der Waals surface area contributed by atoms with Crippen molar-refractivity contribution in [3.63, 3.8) is 0 Å². The van der Waals surface area contributed by atoms with Gasteiger partial charge in [-0.25, -0.2) is 0 Å². The summed E-state index contributed by atoms with van der Waals surface area (Å²) in [7, 11) is 1.45. The van der Waals surface area contributed by atoms with E-state index in [0.717, 1.165) is 37.2 Å². The van der Waals surface area contributed by atoms with Crippen LogP contribution in [0.2, 0.25) is 0 Å². The number of hydrogen-bond donors (Lipinski definition) is 0. The maximum atomic E-state index is 10.8. The zero-order chi connectivity index (χ0) is 13.7. The minimum absolute atomic E-state index is 0.0679. The van der Waals surface area contributed by atoms with E-state index in [9.17, 15) is 10.1 Å². The number of hydrogen-bond acceptors (Lipinski definition) is 5. The van der Waals surface area contributed by atoms with Gasteiger partial charge in [-0.3, -0.25) is 10.1 Å². The Morgan fingerprint density at radius 1 is 1.37 bits per heavy atom. The molecule has 1 fully saturated rings. The van der Waals surface area contributed by atoms with Crippen molar-refractivity contribution < 1.29 is 9.76 Å². The van der Waals surface area contributed by atoms with E-state index in [-0.39, 0.29) is 5.69 Å². The van der Waals surface area contributed by atoms with Crippen molar-refractivity contribution in [3.8, 4) is 0 Å². The molecule has 0 N–H and O–H groups in total. The molecule has 0 bridgehead atoms. The largest absolute Gasteiger partial charge is 0.399 e. The second-order valence-electron chi connectivity index (χ2n) is 4.47. The molecule has 1 saturated heterocycles. The molecule has 1 aromatic carbocycles. The van der Waals surface area contributed by atoms with E-state index >= 15 is 0 Å². The molecule has 19 heavy (non-hydrogen) atoms. The number of rotatable bonds is 4. The maximum absolute atomic E-state index is 10.8. The third kappa shape index (κ3) is 3.21. The maximum Gasteiger partial charge on any atom is 0.270 e. The standard InChI is InChI=1S/C13H17N3O3/c1-19-14-10-11-9-12(16(17)18)5-6-13(11)15-7-3-2-4-8-15/h5-6,9-10H,2-4,7-8H2,1H3/b14-10+. The molecule has 0 aliphatic carbocycles. The van der Waals surface area contributed by atoms with Crippen molar-refractivity contribution in [1.82, 2.24) is 0 Å². The van der Waals surface area contributed by atoms with Crippen LogP contribution in [0.25, 0.3) is 0 Å². The Morgan fingerprint density at radius 2 is 2.11 bits per heavy atom. The zero-order valence-electron chi connectivity index (χ0n) is 10.9. The van der Waals surface area contributed by atoms with Gasteiger partial charge in [-0.05, 0) is 25.3 Å².